The van der Waals surface area contributed by atoms with Crippen molar-refractivity contribution in [3.63, 3.8) is 0 Å². The second-order valence-electron chi connectivity index (χ2n) is 3.61. The molecule has 15 heavy (non-hydrogen) atoms. The molecule has 3 rings (SSSR count). The van der Waals surface area contributed by atoms with Gasteiger partial charge in [0, 0.05) is 18.5 Å². The third-order valence-electron chi connectivity index (χ3n) is 2.74. The number of hydrogen-bond acceptors (Lipinski definition) is 2. The van der Waals surface area contributed by atoms with Crippen molar-refractivity contribution in [3.05, 3.63) is 40.2 Å². The van der Waals surface area contributed by atoms with Crippen molar-refractivity contribution in [2.75, 3.05) is 11.9 Å². The standard InChI is InChI=1S/C11H8N2O2/c1-13-8-4-2-3-7-10(8)6(11(13)15)5-9(14)12-7/h2-5H,1H3,(H,12,14). The monoisotopic (exact) mass is 200 g/mol. The maximum absolute atomic E-state index is 11.8. The summed E-state index contributed by atoms with van der Waals surface area (Å²) in [6.45, 7) is 0. The summed E-state index contributed by atoms with van der Waals surface area (Å²) in [6.07, 6.45) is 0. The van der Waals surface area contributed by atoms with E-state index < -0.39 is 0 Å². The highest BCUT2D eigenvalue weighted by atomic mass is 16.2. The van der Waals surface area contributed by atoms with E-state index in [4.69, 9.17) is 0 Å². The molecule has 0 saturated heterocycles. The van der Waals surface area contributed by atoms with Crippen molar-refractivity contribution in [1.29, 1.82) is 0 Å². The van der Waals surface area contributed by atoms with E-state index in [2.05, 4.69) is 4.98 Å². The van der Waals surface area contributed by atoms with Crippen LogP contribution < -0.4 is 10.5 Å². The van der Waals surface area contributed by atoms with E-state index >= 15 is 0 Å². The highest BCUT2D eigenvalue weighted by Gasteiger charge is 2.27. The summed E-state index contributed by atoms with van der Waals surface area (Å²) in [5.41, 5.74) is 1.82. The molecule has 1 aromatic heterocycles. The van der Waals surface area contributed by atoms with Crippen molar-refractivity contribution >= 4 is 22.5 Å². The van der Waals surface area contributed by atoms with Gasteiger partial charge in [0.1, 0.15) is 0 Å². The van der Waals surface area contributed by atoms with Gasteiger partial charge in [-0.2, -0.15) is 0 Å². The van der Waals surface area contributed by atoms with E-state index in [9.17, 15) is 9.59 Å². The van der Waals surface area contributed by atoms with Crippen LogP contribution >= 0.6 is 0 Å². The molecule has 2 aromatic rings. The summed E-state index contributed by atoms with van der Waals surface area (Å²) < 4.78 is 0. The fourth-order valence-corrected chi connectivity index (χ4v) is 2.04. The van der Waals surface area contributed by atoms with Crippen molar-refractivity contribution in [2.45, 2.75) is 0 Å². The lowest BCUT2D eigenvalue weighted by atomic mass is 10.1. The highest BCUT2D eigenvalue weighted by Crippen LogP contribution is 2.34. The molecule has 1 amide bonds. The van der Waals surface area contributed by atoms with Gasteiger partial charge in [-0.1, -0.05) is 6.07 Å². The third-order valence-corrected chi connectivity index (χ3v) is 2.74. The Bertz CT molecular complexity index is 643. The topological polar surface area (TPSA) is 53.2 Å². The molecule has 0 bridgehead atoms. The average Bonchev–Trinajstić information content (AvgIpc) is 2.46. The zero-order valence-corrected chi connectivity index (χ0v) is 8.07. The van der Waals surface area contributed by atoms with E-state index in [-0.39, 0.29) is 11.5 Å². The lowest BCUT2D eigenvalue weighted by Crippen LogP contribution is -2.21. The molecule has 1 aliphatic rings. The number of carbonyl (C=O) groups excluding carboxylic acids is 1. The van der Waals surface area contributed by atoms with Crippen LogP contribution in [0.25, 0.3) is 10.9 Å². The van der Waals surface area contributed by atoms with Gasteiger partial charge in [0.15, 0.2) is 0 Å². The summed E-state index contributed by atoms with van der Waals surface area (Å²) in [4.78, 5) is 27.4. The summed E-state index contributed by atoms with van der Waals surface area (Å²) in [5.74, 6) is -0.118. The van der Waals surface area contributed by atoms with Crippen LogP contribution in [0.2, 0.25) is 0 Å². The molecule has 4 heteroatoms. The molecule has 1 N–H and O–H groups in total. The van der Waals surface area contributed by atoms with Gasteiger partial charge in [0.2, 0.25) is 5.56 Å². The number of nitrogens with zero attached hydrogens (tertiary/aromatic N) is 1. The Morgan fingerprint density at radius 1 is 1.27 bits per heavy atom. The van der Waals surface area contributed by atoms with Gasteiger partial charge >= 0.3 is 0 Å². The molecule has 0 saturated carbocycles. The molecule has 0 atom stereocenters. The lowest BCUT2D eigenvalue weighted by Gasteiger charge is -2.08. The molecular formula is C11H8N2O2. The molecule has 74 valence electrons. The third kappa shape index (κ3) is 0.905. The Balaban J connectivity index is 2.59. The number of carbonyl (C=O) groups is 1. The molecule has 4 nitrogen and oxygen atoms in total. The first-order valence-electron chi connectivity index (χ1n) is 4.62. The molecule has 0 radical (unpaired) electrons. The molecule has 0 fully saturated rings. The first kappa shape index (κ1) is 8.23. The number of amides is 1. The van der Waals surface area contributed by atoms with Gasteiger partial charge in [-0.3, -0.25) is 9.59 Å². The maximum Gasteiger partial charge on any atom is 0.258 e. The zero-order chi connectivity index (χ0) is 10.6. The van der Waals surface area contributed by atoms with E-state index in [1.165, 1.54) is 6.07 Å². The number of anilines is 1. The Labute approximate surface area is 85.1 Å². The number of pyridine rings is 1. The summed E-state index contributed by atoms with van der Waals surface area (Å²) in [6, 6.07) is 6.86. The van der Waals surface area contributed by atoms with Gasteiger partial charge in [-0.15, -0.1) is 0 Å². The molecule has 2 heterocycles. The van der Waals surface area contributed by atoms with Crippen molar-refractivity contribution in [3.8, 4) is 0 Å². The lowest BCUT2D eigenvalue weighted by molar-refractivity contribution is 0.0999. The van der Waals surface area contributed by atoms with Crippen LogP contribution in [0.3, 0.4) is 0 Å². The predicted molar refractivity (Wildman–Crippen MR) is 57.3 cm³/mol. The number of aromatic nitrogens is 1. The molecule has 1 aromatic carbocycles. The minimum atomic E-state index is -0.238. The fourth-order valence-electron chi connectivity index (χ4n) is 2.04. The Morgan fingerprint density at radius 3 is 2.87 bits per heavy atom. The van der Waals surface area contributed by atoms with E-state index in [0.29, 0.717) is 11.1 Å². The summed E-state index contributed by atoms with van der Waals surface area (Å²) in [5, 5.41) is 0.838. The Kier molecular flexibility index (Phi) is 1.36. The molecule has 0 unspecified atom stereocenters. The number of aromatic amines is 1. The van der Waals surface area contributed by atoms with Crippen LogP contribution in [-0.2, 0) is 0 Å². The highest BCUT2D eigenvalue weighted by molar-refractivity contribution is 6.24. The molecule has 0 aliphatic carbocycles. The van der Waals surface area contributed by atoms with Gasteiger partial charge in [0.05, 0.1) is 16.8 Å². The SMILES string of the molecule is CN1C(=O)c2cc(=O)[nH]c3cccc1c23. The van der Waals surface area contributed by atoms with Gasteiger partial charge in [0.25, 0.3) is 5.91 Å². The van der Waals surface area contributed by atoms with E-state index in [1.54, 1.807) is 18.0 Å². The summed E-state index contributed by atoms with van der Waals surface area (Å²) in [7, 11) is 1.71. The first-order chi connectivity index (χ1) is 7.18. The van der Waals surface area contributed by atoms with Gasteiger partial charge in [-0.05, 0) is 12.1 Å². The summed E-state index contributed by atoms with van der Waals surface area (Å²) >= 11 is 0. The number of rotatable bonds is 0. The smallest absolute Gasteiger partial charge is 0.258 e. The number of hydrogen-bond donors (Lipinski definition) is 1. The minimum absolute atomic E-state index is 0.118. The first-order valence-corrected chi connectivity index (χ1v) is 4.62. The van der Waals surface area contributed by atoms with Crippen LogP contribution in [0.5, 0.6) is 0 Å². The maximum atomic E-state index is 11.8. The second kappa shape index (κ2) is 2.48. The van der Waals surface area contributed by atoms with Crippen molar-refractivity contribution in [1.82, 2.24) is 4.98 Å². The van der Waals surface area contributed by atoms with Crippen LogP contribution in [0, 0.1) is 0 Å². The number of benzene rings is 1. The largest absolute Gasteiger partial charge is 0.322 e. The fraction of sp³-hybridized carbons (Fsp3) is 0.0909. The van der Waals surface area contributed by atoms with Gasteiger partial charge < -0.3 is 9.88 Å². The zero-order valence-electron chi connectivity index (χ0n) is 8.07. The van der Waals surface area contributed by atoms with Crippen molar-refractivity contribution < 1.29 is 4.79 Å². The molecule has 0 spiro atoms. The quantitative estimate of drug-likeness (QED) is 0.692. The number of nitrogens with one attached hydrogen (secondary N) is 1. The van der Waals surface area contributed by atoms with Crippen molar-refractivity contribution in [2.24, 2.45) is 0 Å². The van der Waals surface area contributed by atoms with E-state index in [1.807, 2.05) is 12.1 Å². The van der Waals surface area contributed by atoms with Crippen LogP contribution in [0.4, 0.5) is 5.69 Å². The minimum Gasteiger partial charge on any atom is -0.322 e. The number of H-pyrrole nitrogens is 1. The molecule has 1 aliphatic heterocycles. The van der Waals surface area contributed by atoms with E-state index in [0.717, 1.165) is 11.1 Å². The van der Waals surface area contributed by atoms with Crippen LogP contribution in [-0.4, -0.2) is 17.9 Å². The molecular weight excluding hydrogens is 192 g/mol. The van der Waals surface area contributed by atoms with Crippen LogP contribution in [0.15, 0.2) is 29.1 Å². The predicted octanol–water partition coefficient (Wildman–Crippen LogP) is 1.12. The Hall–Kier alpha value is -2.10. The van der Waals surface area contributed by atoms with Crippen LogP contribution in [0.1, 0.15) is 10.4 Å². The second-order valence-corrected chi connectivity index (χ2v) is 3.61. The van der Waals surface area contributed by atoms with Gasteiger partial charge in [-0.25, -0.2) is 0 Å². The average molecular weight is 200 g/mol. The normalized spacial score (nSPS) is 13.9. The Morgan fingerprint density at radius 2 is 2.07 bits per heavy atom.